The molecule has 2 aromatic carbocycles. The topological polar surface area (TPSA) is 43.9 Å². The van der Waals surface area contributed by atoms with E-state index in [0.717, 1.165) is 18.7 Å². The maximum absolute atomic E-state index is 13.1. The molecule has 0 unspecified atom stereocenters. The molecule has 1 fully saturated rings. The van der Waals surface area contributed by atoms with E-state index in [0.29, 0.717) is 35.9 Å². The van der Waals surface area contributed by atoms with Crippen LogP contribution in [-0.4, -0.2) is 54.3 Å². The molecule has 5 nitrogen and oxygen atoms in total. The number of benzene rings is 2. The van der Waals surface area contributed by atoms with Gasteiger partial charge >= 0.3 is 0 Å². The number of likely N-dealkylation sites (N-methyl/N-ethyl adjacent to an activating group) is 1. The summed E-state index contributed by atoms with van der Waals surface area (Å²) in [7, 11) is 0. The molecule has 2 aliphatic heterocycles. The van der Waals surface area contributed by atoms with E-state index in [4.69, 9.17) is 11.6 Å². The highest BCUT2D eigenvalue weighted by Gasteiger charge is 2.41. The summed E-state index contributed by atoms with van der Waals surface area (Å²) in [4.78, 5) is 31.8. The minimum Gasteiger partial charge on any atom is -0.368 e. The largest absolute Gasteiger partial charge is 0.368 e. The zero-order chi connectivity index (χ0) is 20.5. The molecule has 0 saturated carbocycles. The molecule has 150 valence electrons. The molecule has 0 bridgehead atoms. The molecule has 0 atom stereocenters. The smallest absolute Gasteiger partial charge is 0.277 e. The lowest BCUT2D eigenvalue weighted by Gasteiger charge is -2.37. The molecule has 0 N–H and O–H groups in total. The van der Waals surface area contributed by atoms with Gasteiger partial charge in [-0.05, 0) is 49.2 Å². The van der Waals surface area contributed by atoms with Crippen LogP contribution < -0.4 is 4.90 Å². The lowest BCUT2D eigenvalue weighted by Crippen LogP contribution is -2.47. The van der Waals surface area contributed by atoms with E-state index in [1.165, 1.54) is 16.2 Å². The van der Waals surface area contributed by atoms with Crippen molar-refractivity contribution in [3.63, 3.8) is 0 Å². The molecule has 0 radical (unpaired) electrons. The minimum atomic E-state index is -0.226. The van der Waals surface area contributed by atoms with Crippen molar-refractivity contribution in [3.05, 3.63) is 70.4 Å². The van der Waals surface area contributed by atoms with E-state index < -0.39 is 0 Å². The van der Waals surface area contributed by atoms with Gasteiger partial charge < -0.3 is 9.80 Å². The van der Waals surface area contributed by atoms with Crippen LogP contribution in [0.15, 0.2) is 54.2 Å². The van der Waals surface area contributed by atoms with Crippen LogP contribution in [0.4, 0.5) is 5.69 Å². The second kappa shape index (κ2) is 7.91. The Morgan fingerprint density at radius 3 is 2.17 bits per heavy atom. The first kappa shape index (κ1) is 19.5. The van der Waals surface area contributed by atoms with Crippen molar-refractivity contribution >= 4 is 34.7 Å². The minimum absolute atomic E-state index is 0.202. The summed E-state index contributed by atoms with van der Waals surface area (Å²) in [5, 5.41) is 0.604. The van der Waals surface area contributed by atoms with Gasteiger partial charge in [-0.3, -0.25) is 14.5 Å². The zero-order valence-electron chi connectivity index (χ0n) is 16.7. The van der Waals surface area contributed by atoms with Gasteiger partial charge in [0.1, 0.15) is 5.70 Å². The maximum Gasteiger partial charge on any atom is 0.277 e. The van der Waals surface area contributed by atoms with E-state index in [1.807, 2.05) is 19.1 Å². The van der Waals surface area contributed by atoms with Crippen molar-refractivity contribution in [3.8, 4) is 0 Å². The summed E-state index contributed by atoms with van der Waals surface area (Å²) in [5.41, 5.74) is 4.16. The van der Waals surface area contributed by atoms with Crippen LogP contribution in [0.1, 0.15) is 18.1 Å². The second-order valence-electron chi connectivity index (χ2n) is 7.40. The van der Waals surface area contributed by atoms with Crippen LogP contribution in [0.5, 0.6) is 0 Å². The van der Waals surface area contributed by atoms with Gasteiger partial charge in [-0.25, -0.2) is 0 Å². The molecule has 2 heterocycles. The SMILES string of the molecule is CCN1C(=O)C(c2ccc(Cl)cc2)=C(N2CCN(c3cccc(C)c3)CC2)C1=O. The molecule has 0 aliphatic carbocycles. The average molecular weight is 410 g/mol. The summed E-state index contributed by atoms with van der Waals surface area (Å²) in [5.74, 6) is -0.428. The second-order valence-corrected chi connectivity index (χ2v) is 7.83. The van der Waals surface area contributed by atoms with Crippen molar-refractivity contribution in [2.75, 3.05) is 37.6 Å². The Bertz CT molecular complexity index is 976. The van der Waals surface area contributed by atoms with Crippen LogP contribution >= 0.6 is 11.6 Å². The number of carbonyl (C=O) groups is 2. The first-order valence-electron chi connectivity index (χ1n) is 9.92. The molecule has 2 amide bonds. The lowest BCUT2D eigenvalue weighted by atomic mass is 10.0. The quantitative estimate of drug-likeness (QED) is 0.724. The summed E-state index contributed by atoms with van der Waals surface area (Å²) in [6.07, 6.45) is 0. The highest BCUT2D eigenvalue weighted by molar-refractivity contribution is 6.36. The third-order valence-corrected chi connectivity index (χ3v) is 5.81. The predicted molar refractivity (Wildman–Crippen MR) is 116 cm³/mol. The Hall–Kier alpha value is -2.79. The number of amides is 2. The highest BCUT2D eigenvalue weighted by atomic mass is 35.5. The van der Waals surface area contributed by atoms with Crippen LogP contribution in [0.2, 0.25) is 5.02 Å². The van der Waals surface area contributed by atoms with Crippen molar-refractivity contribution < 1.29 is 9.59 Å². The Morgan fingerprint density at radius 1 is 0.897 bits per heavy atom. The van der Waals surface area contributed by atoms with Gasteiger partial charge in [-0.2, -0.15) is 0 Å². The van der Waals surface area contributed by atoms with Gasteiger partial charge in [0.15, 0.2) is 0 Å². The Kier molecular flexibility index (Phi) is 5.33. The van der Waals surface area contributed by atoms with Crippen LogP contribution in [0, 0.1) is 6.92 Å². The van der Waals surface area contributed by atoms with E-state index in [-0.39, 0.29) is 11.8 Å². The van der Waals surface area contributed by atoms with E-state index in [9.17, 15) is 9.59 Å². The Labute approximate surface area is 176 Å². The summed E-state index contributed by atoms with van der Waals surface area (Å²) in [6.45, 7) is 7.26. The number of hydrogen-bond donors (Lipinski definition) is 0. The highest BCUT2D eigenvalue weighted by Crippen LogP contribution is 2.33. The number of hydrogen-bond acceptors (Lipinski definition) is 4. The fourth-order valence-corrected chi connectivity index (χ4v) is 4.16. The van der Waals surface area contributed by atoms with E-state index >= 15 is 0 Å². The standard InChI is InChI=1S/C23H24ClN3O2/c1-3-27-22(28)20(17-7-9-18(24)10-8-17)21(23(27)29)26-13-11-25(12-14-26)19-6-4-5-16(2)15-19/h4-10,15H,3,11-14H2,1-2H3. The number of nitrogens with zero attached hydrogens (tertiary/aromatic N) is 3. The Morgan fingerprint density at radius 2 is 1.55 bits per heavy atom. The summed E-state index contributed by atoms with van der Waals surface area (Å²) >= 11 is 6.02. The molecule has 2 aliphatic rings. The monoisotopic (exact) mass is 409 g/mol. The fourth-order valence-electron chi connectivity index (χ4n) is 4.03. The van der Waals surface area contributed by atoms with Gasteiger partial charge in [0.25, 0.3) is 11.8 Å². The first-order chi connectivity index (χ1) is 14.0. The van der Waals surface area contributed by atoms with Crippen LogP contribution in [0.25, 0.3) is 5.57 Å². The van der Waals surface area contributed by atoms with Gasteiger partial charge in [0, 0.05) is 43.4 Å². The lowest BCUT2D eigenvalue weighted by molar-refractivity contribution is -0.137. The number of halogens is 1. The van der Waals surface area contributed by atoms with Crippen LogP contribution in [0.3, 0.4) is 0 Å². The van der Waals surface area contributed by atoms with Crippen molar-refractivity contribution in [2.45, 2.75) is 13.8 Å². The van der Waals surface area contributed by atoms with Crippen molar-refractivity contribution in [1.82, 2.24) is 9.80 Å². The number of carbonyl (C=O) groups excluding carboxylic acids is 2. The number of imide groups is 1. The average Bonchev–Trinajstić information content (AvgIpc) is 2.98. The van der Waals surface area contributed by atoms with Crippen LogP contribution in [-0.2, 0) is 9.59 Å². The molecule has 4 rings (SSSR count). The third kappa shape index (κ3) is 3.62. The molecular formula is C23H24ClN3O2. The Balaban J connectivity index is 1.63. The summed E-state index contributed by atoms with van der Waals surface area (Å²) < 4.78 is 0. The first-order valence-corrected chi connectivity index (χ1v) is 10.3. The van der Waals surface area contributed by atoms with Gasteiger partial charge in [-0.1, -0.05) is 35.9 Å². The van der Waals surface area contributed by atoms with Crippen molar-refractivity contribution in [1.29, 1.82) is 0 Å². The maximum atomic E-state index is 13.1. The van der Waals surface area contributed by atoms with Crippen molar-refractivity contribution in [2.24, 2.45) is 0 Å². The molecule has 2 aromatic rings. The molecule has 1 saturated heterocycles. The molecular weight excluding hydrogens is 386 g/mol. The zero-order valence-corrected chi connectivity index (χ0v) is 17.4. The predicted octanol–water partition coefficient (Wildman–Crippen LogP) is 3.57. The van der Waals surface area contributed by atoms with E-state index in [2.05, 4.69) is 41.0 Å². The normalized spacial score (nSPS) is 17.6. The fraction of sp³-hybridized carbons (Fsp3) is 0.304. The summed E-state index contributed by atoms with van der Waals surface area (Å²) in [6, 6.07) is 15.6. The number of aryl methyl sites for hydroxylation is 1. The molecule has 0 aromatic heterocycles. The molecule has 29 heavy (non-hydrogen) atoms. The third-order valence-electron chi connectivity index (χ3n) is 5.56. The van der Waals surface area contributed by atoms with Gasteiger partial charge in [0.05, 0.1) is 5.57 Å². The number of piperazine rings is 1. The number of rotatable bonds is 4. The molecule has 0 spiro atoms. The van der Waals surface area contributed by atoms with Gasteiger partial charge in [-0.15, -0.1) is 0 Å². The van der Waals surface area contributed by atoms with E-state index in [1.54, 1.807) is 12.1 Å². The number of anilines is 1. The van der Waals surface area contributed by atoms with Gasteiger partial charge in [0.2, 0.25) is 0 Å². The molecule has 6 heteroatoms.